The average molecular weight is 346 g/mol. The van der Waals surface area contributed by atoms with Crippen LogP contribution in [0.5, 0.6) is 5.75 Å². The second kappa shape index (κ2) is 7.83. The highest BCUT2D eigenvalue weighted by atomic mass is 32.2. The smallest absolute Gasteiger partial charge is 0.285 e. The largest absolute Gasteiger partial charge is 0.495 e. The third-order valence-corrected chi connectivity index (χ3v) is 4.35. The Morgan fingerprint density at radius 2 is 2.04 bits per heavy atom. The van der Waals surface area contributed by atoms with Crippen LogP contribution in [0.1, 0.15) is 22.8 Å². The van der Waals surface area contributed by atoms with Gasteiger partial charge in [0.15, 0.2) is 0 Å². The summed E-state index contributed by atoms with van der Waals surface area (Å²) in [6, 6.07) is 10.2. The molecule has 0 heterocycles. The van der Waals surface area contributed by atoms with Gasteiger partial charge < -0.3 is 10.1 Å². The number of amides is 1. The summed E-state index contributed by atoms with van der Waals surface area (Å²) in [6.07, 6.45) is 2.56. The minimum absolute atomic E-state index is 0.0102. The third-order valence-electron chi connectivity index (χ3n) is 3.59. The molecule has 2 aromatic carbocycles. The van der Waals surface area contributed by atoms with Gasteiger partial charge in [-0.15, -0.1) is 11.8 Å². The Hall–Kier alpha value is -2.54. The predicted octanol–water partition coefficient (Wildman–Crippen LogP) is 4.14. The van der Waals surface area contributed by atoms with Crippen molar-refractivity contribution >= 4 is 29.0 Å². The van der Waals surface area contributed by atoms with Crippen LogP contribution in [0.3, 0.4) is 0 Å². The van der Waals surface area contributed by atoms with Gasteiger partial charge in [-0.3, -0.25) is 14.9 Å². The fourth-order valence-corrected chi connectivity index (χ4v) is 2.92. The molecule has 0 aromatic heterocycles. The first-order chi connectivity index (χ1) is 11.5. The quantitative estimate of drug-likeness (QED) is 0.483. The van der Waals surface area contributed by atoms with Crippen LogP contribution in [0.25, 0.3) is 0 Å². The summed E-state index contributed by atoms with van der Waals surface area (Å²) in [6.45, 7) is 1.98. The number of benzene rings is 2. The highest BCUT2D eigenvalue weighted by Gasteiger charge is 2.24. The minimum atomic E-state index is -0.576. The van der Waals surface area contributed by atoms with Crippen LogP contribution in [-0.2, 0) is 6.42 Å². The molecule has 6 nitrogen and oxygen atoms in total. The number of hydrogen-bond donors (Lipinski definition) is 1. The molecule has 0 spiro atoms. The molecule has 0 aliphatic heterocycles. The van der Waals surface area contributed by atoms with Crippen molar-refractivity contribution in [2.75, 3.05) is 18.7 Å². The third kappa shape index (κ3) is 3.68. The SMILES string of the molecule is CCc1ccccc1NC(=O)c1cc(SC)c(OC)cc1[N+](=O)[O-]. The van der Waals surface area contributed by atoms with Gasteiger partial charge in [0, 0.05) is 5.69 Å². The van der Waals surface area contributed by atoms with Gasteiger partial charge in [-0.05, 0) is 30.4 Å². The number of thioether (sulfide) groups is 1. The fraction of sp³-hybridized carbons (Fsp3) is 0.235. The number of anilines is 1. The number of para-hydroxylation sites is 1. The molecule has 126 valence electrons. The number of hydrogen-bond acceptors (Lipinski definition) is 5. The molecule has 0 atom stereocenters. The van der Waals surface area contributed by atoms with Crippen molar-refractivity contribution in [2.45, 2.75) is 18.2 Å². The molecule has 0 aliphatic rings. The molecule has 1 amide bonds. The number of rotatable bonds is 6. The van der Waals surface area contributed by atoms with Gasteiger partial charge in [-0.25, -0.2) is 0 Å². The van der Waals surface area contributed by atoms with E-state index < -0.39 is 10.8 Å². The van der Waals surface area contributed by atoms with E-state index in [9.17, 15) is 14.9 Å². The van der Waals surface area contributed by atoms with E-state index in [1.54, 1.807) is 6.07 Å². The number of nitrogens with zero attached hydrogens (tertiary/aromatic N) is 1. The zero-order valence-corrected chi connectivity index (χ0v) is 14.5. The van der Waals surface area contributed by atoms with Crippen molar-refractivity contribution in [3.8, 4) is 5.75 Å². The van der Waals surface area contributed by atoms with Gasteiger partial charge in [0.05, 0.1) is 23.0 Å². The van der Waals surface area contributed by atoms with Gasteiger partial charge in [0.1, 0.15) is 11.3 Å². The van der Waals surface area contributed by atoms with Crippen molar-refractivity contribution in [3.05, 3.63) is 57.6 Å². The number of nitro groups is 1. The Morgan fingerprint density at radius 1 is 1.33 bits per heavy atom. The Kier molecular flexibility index (Phi) is 5.81. The number of methoxy groups -OCH3 is 1. The number of carbonyl (C=O) groups excluding carboxylic acids is 1. The highest BCUT2D eigenvalue weighted by Crippen LogP contribution is 2.34. The van der Waals surface area contributed by atoms with E-state index in [1.807, 2.05) is 31.4 Å². The second-order valence-electron chi connectivity index (χ2n) is 4.95. The molecule has 24 heavy (non-hydrogen) atoms. The molecule has 7 heteroatoms. The van der Waals surface area contributed by atoms with E-state index in [0.717, 1.165) is 12.0 Å². The molecular formula is C17H18N2O4S. The van der Waals surface area contributed by atoms with Crippen molar-refractivity contribution < 1.29 is 14.5 Å². The normalized spacial score (nSPS) is 10.3. The summed E-state index contributed by atoms with van der Waals surface area (Å²) in [4.78, 5) is 24.0. The van der Waals surface area contributed by atoms with Crippen LogP contribution >= 0.6 is 11.8 Å². The summed E-state index contributed by atoms with van der Waals surface area (Å²) in [5.41, 5.74) is 1.35. The van der Waals surface area contributed by atoms with E-state index >= 15 is 0 Å². The molecule has 1 N–H and O–H groups in total. The van der Waals surface area contributed by atoms with E-state index in [2.05, 4.69) is 5.32 Å². The van der Waals surface area contributed by atoms with Crippen molar-refractivity contribution in [2.24, 2.45) is 0 Å². The zero-order chi connectivity index (χ0) is 17.7. The zero-order valence-electron chi connectivity index (χ0n) is 13.7. The van der Waals surface area contributed by atoms with E-state index in [4.69, 9.17) is 4.74 Å². The lowest BCUT2D eigenvalue weighted by atomic mass is 10.1. The van der Waals surface area contributed by atoms with E-state index in [-0.39, 0.29) is 11.3 Å². The highest BCUT2D eigenvalue weighted by molar-refractivity contribution is 7.98. The summed E-state index contributed by atoms with van der Waals surface area (Å²) >= 11 is 1.36. The summed E-state index contributed by atoms with van der Waals surface area (Å²) in [5.74, 6) is -0.139. The Labute approximate surface area is 144 Å². The summed E-state index contributed by atoms with van der Waals surface area (Å²) < 4.78 is 5.16. The van der Waals surface area contributed by atoms with Crippen molar-refractivity contribution in [1.29, 1.82) is 0 Å². The summed E-state index contributed by atoms with van der Waals surface area (Å²) in [5, 5.41) is 14.1. The predicted molar refractivity (Wildman–Crippen MR) is 95.2 cm³/mol. The maximum atomic E-state index is 12.6. The topological polar surface area (TPSA) is 81.5 Å². The van der Waals surface area contributed by atoms with Crippen LogP contribution < -0.4 is 10.1 Å². The fourth-order valence-electron chi connectivity index (χ4n) is 2.34. The number of ether oxygens (including phenoxy) is 1. The second-order valence-corrected chi connectivity index (χ2v) is 5.79. The molecule has 0 saturated heterocycles. The monoisotopic (exact) mass is 346 g/mol. The van der Waals surface area contributed by atoms with Crippen molar-refractivity contribution in [1.82, 2.24) is 0 Å². The summed E-state index contributed by atoms with van der Waals surface area (Å²) in [7, 11) is 1.44. The first-order valence-corrected chi connectivity index (χ1v) is 8.54. The van der Waals surface area contributed by atoms with Gasteiger partial charge in [-0.1, -0.05) is 25.1 Å². The molecule has 0 unspecified atom stereocenters. The number of nitro benzene ring substituents is 1. The Balaban J connectivity index is 2.46. The lowest BCUT2D eigenvalue weighted by Crippen LogP contribution is -2.15. The van der Waals surface area contributed by atoms with Gasteiger partial charge in [0.2, 0.25) is 0 Å². The molecular weight excluding hydrogens is 328 g/mol. The molecule has 2 aromatic rings. The van der Waals surface area contributed by atoms with Crippen LogP contribution in [0, 0.1) is 10.1 Å². The molecule has 0 radical (unpaired) electrons. The van der Waals surface area contributed by atoms with Gasteiger partial charge >= 0.3 is 0 Å². The Morgan fingerprint density at radius 3 is 2.62 bits per heavy atom. The molecule has 0 saturated carbocycles. The lowest BCUT2D eigenvalue weighted by molar-refractivity contribution is -0.385. The standard InChI is InChI=1S/C17H18N2O4S/c1-4-11-7-5-6-8-13(11)18-17(20)12-9-16(24-3)15(23-2)10-14(12)19(21)22/h5-10H,4H2,1-3H3,(H,18,20). The maximum Gasteiger partial charge on any atom is 0.285 e. The number of aryl methyl sites for hydroxylation is 1. The molecule has 0 bridgehead atoms. The molecule has 0 fully saturated rings. The average Bonchev–Trinajstić information content (AvgIpc) is 2.60. The van der Waals surface area contributed by atoms with Gasteiger partial charge in [0.25, 0.3) is 11.6 Å². The van der Waals surface area contributed by atoms with E-state index in [0.29, 0.717) is 16.3 Å². The first-order valence-electron chi connectivity index (χ1n) is 7.31. The van der Waals surface area contributed by atoms with Crippen LogP contribution in [0.4, 0.5) is 11.4 Å². The number of nitrogens with one attached hydrogen (secondary N) is 1. The minimum Gasteiger partial charge on any atom is -0.495 e. The maximum absolute atomic E-state index is 12.6. The lowest BCUT2D eigenvalue weighted by Gasteiger charge is -2.12. The van der Waals surface area contributed by atoms with Gasteiger partial charge in [-0.2, -0.15) is 0 Å². The first kappa shape index (κ1) is 17.8. The number of carbonyl (C=O) groups is 1. The Bertz CT molecular complexity index is 777. The van der Waals surface area contributed by atoms with Crippen LogP contribution in [0.2, 0.25) is 0 Å². The van der Waals surface area contributed by atoms with Crippen LogP contribution in [-0.4, -0.2) is 24.2 Å². The van der Waals surface area contributed by atoms with Crippen LogP contribution in [0.15, 0.2) is 41.3 Å². The molecule has 2 rings (SSSR count). The van der Waals surface area contributed by atoms with E-state index in [1.165, 1.54) is 31.0 Å². The molecule has 0 aliphatic carbocycles. The van der Waals surface area contributed by atoms with Crippen molar-refractivity contribution in [3.63, 3.8) is 0 Å².